The van der Waals surface area contributed by atoms with Crippen LogP contribution in [0, 0.1) is 6.92 Å². The van der Waals surface area contributed by atoms with Gasteiger partial charge in [-0.2, -0.15) is 0 Å². The van der Waals surface area contributed by atoms with Crippen LogP contribution in [0.5, 0.6) is 0 Å². The van der Waals surface area contributed by atoms with Gasteiger partial charge >= 0.3 is 0 Å². The van der Waals surface area contributed by atoms with Crippen LogP contribution in [-0.4, -0.2) is 29.2 Å². The van der Waals surface area contributed by atoms with Crippen LogP contribution < -0.4 is 10.8 Å². The second-order valence-corrected chi connectivity index (χ2v) is 7.80. The largest absolute Gasteiger partial charge is 0.360 e. The maximum atomic E-state index is 12.2. The Labute approximate surface area is 168 Å². The molecule has 0 radical (unpaired) electrons. The molecule has 1 amide bonds. The lowest BCUT2D eigenvalue weighted by Gasteiger charge is -2.06. The lowest BCUT2D eigenvalue weighted by atomic mass is 9.94. The molecule has 1 N–H and O–H groups in total. The first kappa shape index (κ1) is 18.4. The Morgan fingerprint density at radius 3 is 2.86 bits per heavy atom. The fraction of sp³-hybridized carbons (Fsp3) is 0.143. The molecule has 2 aromatic heterocycles. The summed E-state index contributed by atoms with van der Waals surface area (Å²) < 4.78 is 7.22. The van der Waals surface area contributed by atoms with Gasteiger partial charge in [0.25, 0.3) is 0 Å². The van der Waals surface area contributed by atoms with Crippen molar-refractivity contribution in [2.24, 2.45) is 0 Å². The van der Waals surface area contributed by atoms with Gasteiger partial charge in [0.15, 0.2) is 5.82 Å². The zero-order valence-corrected chi connectivity index (χ0v) is 16.6. The van der Waals surface area contributed by atoms with Crippen LogP contribution in [-0.2, 0) is 11.3 Å². The fourth-order valence-electron chi connectivity index (χ4n) is 3.21. The van der Waals surface area contributed by atoms with E-state index in [0.29, 0.717) is 17.3 Å². The highest BCUT2D eigenvalue weighted by Crippen LogP contribution is 2.30. The van der Waals surface area contributed by atoms with Gasteiger partial charge in [-0.15, -0.1) is 11.8 Å². The van der Waals surface area contributed by atoms with Crippen molar-refractivity contribution in [2.75, 3.05) is 11.1 Å². The number of carbonyl (C=O) groups is 1. The van der Waals surface area contributed by atoms with Gasteiger partial charge in [0.2, 0.25) is 5.91 Å². The Morgan fingerprint density at radius 2 is 2.07 bits per heavy atom. The van der Waals surface area contributed by atoms with Gasteiger partial charge in [-0.25, -0.2) is 0 Å². The maximum Gasteiger partial charge on any atom is 0.235 e. The van der Waals surface area contributed by atoms with Crippen LogP contribution in [0.15, 0.2) is 70.2 Å². The molecule has 0 saturated carbocycles. The van der Waals surface area contributed by atoms with Crippen LogP contribution >= 0.6 is 11.8 Å². The molecule has 28 heavy (non-hydrogen) atoms. The third kappa shape index (κ3) is 4.15. The van der Waals surface area contributed by atoms with Gasteiger partial charge in [-0.1, -0.05) is 53.1 Å². The number of nitrogens with zero attached hydrogens (tertiary/aromatic N) is 2. The van der Waals surface area contributed by atoms with Crippen molar-refractivity contribution >= 4 is 47.7 Å². The number of aromatic nitrogens is 2. The number of amides is 1. The van der Waals surface area contributed by atoms with E-state index in [9.17, 15) is 4.79 Å². The van der Waals surface area contributed by atoms with E-state index in [0.717, 1.165) is 16.8 Å². The molecule has 140 valence electrons. The Bertz CT molecular complexity index is 1140. The molecule has 0 bridgehead atoms. The lowest BCUT2D eigenvalue weighted by Crippen LogP contribution is -2.14. The first-order valence-corrected chi connectivity index (χ1v) is 10.1. The zero-order valence-electron chi connectivity index (χ0n) is 15.8. The van der Waals surface area contributed by atoms with Crippen molar-refractivity contribution in [3.63, 3.8) is 0 Å². The molecule has 2 aromatic carbocycles. The van der Waals surface area contributed by atoms with E-state index in [1.165, 1.54) is 28.3 Å². The summed E-state index contributed by atoms with van der Waals surface area (Å²) >= 11 is 1.53. The van der Waals surface area contributed by atoms with Crippen molar-refractivity contribution in [2.45, 2.75) is 18.4 Å². The summed E-state index contributed by atoms with van der Waals surface area (Å²) in [6.07, 6.45) is 2.13. The number of para-hydroxylation sites is 1. The van der Waals surface area contributed by atoms with Crippen LogP contribution in [0.25, 0.3) is 10.9 Å². The average Bonchev–Trinajstić information content (AvgIpc) is 3.24. The molecule has 4 aromatic rings. The molecule has 5 nitrogen and oxygen atoms in total. The Kier molecular flexibility index (Phi) is 5.26. The van der Waals surface area contributed by atoms with E-state index in [-0.39, 0.29) is 5.91 Å². The van der Waals surface area contributed by atoms with E-state index in [2.05, 4.69) is 65.5 Å². The number of benzene rings is 2. The third-order valence-electron chi connectivity index (χ3n) is 4.44. The minimum Gasteiger partial charge on any atom is -0.360 e. The first-order valence-electron chi connectivity index (χ1n) is 9.08. The Morgan fingerprint density at radius 1 is 1.21 bits per heavy atom. The van der Waals surface area contributed by atoms with Crippen LogP contribution in [0.1, 0.15) is 11.3 Å². The van der Waals surface area contributed by atoms with Crippen molar-refractivity contribution in [3.05, 3.63) is 72.1 Å². The summed E-state index contributed by atoms with van der Waals surface area (Å²) in [6.45, 7) is 2.59. The molecule has 0 spiro atoms. The summed E-state index contributed by atoms with van der Waals surface area (Å²) in [5, 5.41) is 7.72. The summed E-state index contributed by atoms with van der Waals surface area (Å²) in [6, 6.07) is 18.5. The molecule has 7 heteroatoms. The second-order valence-electron chi connectivity index (χ2n) is 6.79. The molecule has 0 unspecified atom stereocenters. The molecule has 0 saturated heterocycles. The van der Waals surface area contributed by atoms with Gasteiger partial charge in [0.1, 0.15) is 13.6 Å². The first-order chi connectivity index (χ1) is 13.6. The average molecular weight is 389 g/mol. The number of nitrogens with one attached hydrogen (secondary N) is 1. The van der Waals surface area contributed by atoms with Gasteiger partial charge in [0.05, 0.1) is 5.75 Å². The number of anilines is 1. The van der Waals surface area contributed by atoms with Gasteiger partial charge in [-0.3, -0.25) is 4.79 Å². The predicted molar refractivity (Wildman–Crippen MR) is 116 cm³/mol. The standard InChI is InChI=1S/C21H20BN3O2S/c1-14-9-20(24-27-14)23-21(26)13-28-19-12-25(18-8-3-2-7-17(18)19)11-15-5-4-6-16(22)10-15/h2-10,12H,11,13,22H2,1H3,(H,23,24,26). The second kappa shape index (κ2) is 7.98. The van der Waals surface area contributed by atoms with Crippen molar-refractivity contribution in [1.82, 2.24) is 9.72 Å². The van der Waals surface area contributed by atoms with Crippen molar-refractivity contribution < 1.29 is 9.32 Å². The molecule has 0 atom stereocenters. The van der Waals surface area contributed by atoms with Crippen LogP contribution in [0.2, 0.25) is 0 Å². The number of hydrogen-bond donors (Lipinski definition) is 1. The minimum absolute atomic E-state index is 0.103. The monoisotopic (exact) mass is 389 g/mol. The number of fused-ring (bicyclic) bond motifs is 1. The van der Waals surface area contributed by atoms with E-state index >= 15 is 0 Å². The highest BCUT2D eigenvalue weighted by atomic mass is 32.2. The SMILES string of the molecule is Bc1cccc(Cn2cc(SCC(=O)Nc3cc(C)on3)c3ccccc32)c1. The molecule has 0 aliphatic rings. The summed E-state index contributed by atoms with van der Waals surface area (Å²) in [5.41, 5.74) is 3.68. The Balaban J connectivity index is 1.51. The van der Waals surface area contributed by atoms with Crippen LogP contribution in [0.4, 0.5) is 5.82 Å². The van der Waals surface area contributed by atoms with Gasteiger partial charge < -0.3 is 14.4 Å². The maximum absolute atomic E-state index is 12.2. The summed E-state index contributed by atoms with van der Waals surface area (Å²) in [5.74, 6) is 1.32. The highest BCUT2D eigenvalue weighted by molar-refractivity contribution is 8.00. The topological polar surface area (TPSA) is 60.1 Å². The van der Waals surface area contributed by atoms with Crippen molar-refractivity contribution in [1.29, 1.82) is 0 Å². The fourth-order valence-corrected chi connectivity index (χ4v) is 4.10. The summed E-state index contributed by atoms with van der Waals surface area (Å²) in [7, 11) is 2.10. The number of aryl methyl sites for hydroxylation is 1. The van der Waals surface area contributed by atoms with Gasteiger partial charge in [0, 0.05) is 34.6 Å². The number of hydrogen-bond acceptors (Lipinski definition) is 4. The quantitative estimate of drug-likeness (QED) is 0.407. The number of rotatable bonds is 6. The van der Waals surface area contributed by atoms with Crippen molar-refractivity contribution in [3.8, 4) is 0 Å². The predicted octanol–water partition coefficient (Wildman–Crippen LogP) is 2.98. The van der Waals surface area contributed by atoms with Gasteiger partial charge in [-0.05, 0) is 18.6 Å². The zero-order chi connectivity index (χ0) is 19.5. The number of carbonyl (C=O) groups excluding carboxylic acids is 1. The molecule has 4 rings (SSSR count). The number of thioether (sulfide) groups is 1. The summed E-state index contributed by atoms with van der Waals surface area (Å²) in [4.78, 5) is 13.3. The minimum atomic E-state index is -0.103. The highest BCUT2D eigenvalue weighted by Gasteiger charge is 2.12. The van der Waals surface area contributed by atoms with E-state index < -0.39 is 0 Å². The molecule has 0 fully saturated rings. The molecular formula is C21H20BN3O2S. The van der Waals surface area contributed by atoms with E-state index in [4.69, 9.17) is 4.52 Å². The van der Waals surface area contributed by atoms with E-state index in [1.807, 2.05) is 12.1 Å². The normalized spacial score (nSPS) is 11.0. The van der Waals surface area contributed by atoms with E-state index in [1.54, 1.807) is 13.0 Å². The van der Waals surface area contributed by atoms with Crippen LogP contribution in [0.3, 0.4) is 0 Å². The third-order valence-corrected chi connectivity index (χ3v) is 5.48. The smallest absolute Gasteiger partial charge is 0.235 e. The lowest BCUT2D eigenvalue weighted by molar-refractivity contribution is -0.113. The Hall–Kier alpha value is -2.93. The molecule has 0 aliphatic heterocycles. The molecule has 0 aliphatic carbocycles. The molecule has 2 heterocycles. The molecular weight excluding hydrogens is 369 g/mol.